The number of hydrogen-bond acceptors (Lipinski definition) is 5. The number of likely N-dealkylation sites (tertiary alicyclic amines) is 1. The van der Waals surface area contributed by atoms with E-state index in [1.165, 1.54) is 0 Å². The van der Waals surface area contributed by atoms with Gasteiger partial charge in [-0.3, -0.25) is 0 Å². The molecule has 0 bridgehead atoms. The number of aromatic nitrogens is 3. The molecule has 3 heterocycles. The third-order valence-electron chi connectivity index (χ3n) is 5.25. The zero-order valence-corrected chi connectivity index (χ0v) is 18.4. The Morgan fingerprint density at radius 1 is 1.14 bits per heavy atom. The zero-order chi connectivity index (χ0) is 20.8. The van der Waals surface area contributed by atoms with Crippen molar-refractivity contribution in [3.63, 3.8) is 0 Å². The molecule has 2 aliphatic rings. The molecule has 156 valence electrons. The van der Waals surface area contributed by atoms with Gasteiger partial charge in [-0.15, -0.1) is 9.90 Å². The summed E-state index contributed by atoms with van der Waals surface area (Å²) in [5.41, 5.74) is 0.346. The van der Waals surface area contributed by atoms with Gasteiger partial charge in [0, 0.05) is 41.6 Å². The lowest BCUT2D eigenvalue weighted by molar-refractivity contribution is -0.0391. The first kappa shape index (κ1) is 20.3. The van der Waals surface area contributed by atoms with Crippen LogP contribution in [0.2, 0.25) is 10.0 Å². The van der Waals surface area contributed by atoms with Crippen molar-refractivity contribution in [3.05, 3.63) is 34.4 Å². The molecule has 1 amide bonds. The summed E-state index contributed by atoms with van der Waals surface area (Å²) < 4.78 is 5.48. The highest BCUT2D eigenvalue weighted by Crippen LogP contribution is 2.40. The zero-order valence-electron chi connectivity index (χ0n) is 16.9. The minimum atomic E-state index is -0.472. The van der Waals surface area contributed by atoms with Crippen LogP contribution in [0.4, 0.5) is 10.6 Å². The molecule has 0 atom stereocenters. The molecule has 0 aliphatic carbocycles. The fraction of sp³-hybridized carbons (Fsp3) is 0.550. The molecule has 1 aromatic carbocycles. The van der Waals surface area contributed by atoms with Crippen molar-refractivity contribution in [2.75, 3.05) is 31.1 Å². The van der Waals surface area contributed by atoms with E-state index < -0.39 is 5.60 Å². The fourth-order valence-electron chi connectivity index (χ4n) is 4.06. The van der Waals surface area contributed by atoms with Crippen molar-refractivity contribution in [1.29, 1.82) is 0 Å². The number of nitrogens with zero attached hydrogens (tertiary/aromatic N) is 5. The topological polar surface area (TPSA) is 63.5 Å². The van der Waals surface area contributed by atoms with Gasteiger partial charge in [0.1, 0.15) is 5.60 Å². The molecule has 2 aromatic rings. The number of halogens is 2. The van der Waals surface area contributed by atoms with Gasteiger partial charge in [-0.2, -0.15) is 5.10 Å². The summed E-state index contributed by atoms with van der Waals surface area (Å²) in [5.74, 6) is 0.816. The molecule has 1 aromatic heterocycles. The minimum absolute atomic E-state index is 0.0955. The SMILES string of the molecule is CC(C)(C)OC(=O)N1CC2(CCCN(c3cnn(-c4cc(Cl)cc(Cl)c4)n3)C2)C1. The summed E-state index contributed by atoms with van der Waals surface area (Å²) in [6.07, 6.45) is 3.68. The number of hydrogen-bond donors (Lipinski definition) is 0. The van der Waals surface area contributed by atoms with Crippen LogP contribution >= 0.6 is 23.2 Å². The summed E-state index contributed by atoms with van der Waals surface area (Å²) in [5, 5.41) is 10.1. The van der Waals surface area contributed by atoms with Gasteiger partial charge in [0.2, 0.25) is 0 Å². The Labute approximate surface area is 180 Å². The van der Waals surface area contributed by atoms with E-state index >= 15 is 0 Å². The van der Waals surface area contributed by atoms with Crippen LogP contribution in [0.25, 0.3) is 5.69 Å². The predicted octanol–water partition coefficient (Wildman–Crippen LogP) is 4.41. The summed E-state index contributed by atoms with van der Waals surface area (Å²) in [7, 11) is 0. The van der Waals surface area contributed by atoms with E-state index in [2.05, 4.69) is 15.1 Å². The lowest BCUT2D eigenvalue weighted by atomic mass is 9.73. The number of ether oxygens (including phenoxy) is 1. The molecule has 4 rings (SSSR count). The number of carbonyl (C=O) groups excluding carboxylic acids is 1. The monoisotopic (exact) mass is 437 g/mol. The Kier molecular flexibility index (Phi) is 5.15. The molecule has 2 fully saturated rings. The van der Waals surface area contributed by atoms with Gasteiger partial charge in [0.25, 0.3) is 0 Å². The van der Waals surface area contributed by atoms with Gasteiger partial charge >= 0.3 is 6.09 Å². The summed E-state index contributed by atoms with van der Waals surface area (Å²) >= 11 is 12.2. The van der Waals surface area contributed by atoms with Crippen molar-refractivity contribution >= 4 is 35.1 Å². The number of amides is 1. The Hall–Kier alpha value is -1.99. The van der Waals surface area contributed by atoms with Crippen LogP contribution in [-0.4, -0.2) is 57.8 Å². The molecule has 9 heteroatoms. The second-order valence-electron chi connectivity index (χ2n) is 8.98. The Morgan fingerprint density at radius 3 is 2.48 bits per heavy atom. The van der Waals surface area contributed by atoms with Crippen LogP contribution in [-0.2, 0) is 4.74 Å². The first-order chi connectivity index (χ1) is 13.6. The molecular weight excluding hydrogens is 413 g/mol. The minimum Gasteiger partial charge on any atom is -0.444 e. The lowest BCUT2D eigenvalue weighted by Gasteiger charge is -2.54. The third-order valence-corrected chi connectivity index (χ3v) is 5.68. The van der Waals surface area contributed by atoms with E-state index in [4.69, 9.17) is 27.9 Å². The summed E-state index contributed by atoms with van der Waals surface area (Å²) in [6.45, 7) is 8.87. The van der Waals surface area contributed by atoms with E-state index in [0.29, 0.717) is 10.0 Å². The second kappa shape index (κ2) is 7.36. The highest BCUT2D eigenvalue weighted by Gasteiger charge is 2.48. The second-order valence-corrected chi connectivity index (χ2v) is 9.85. The summed E-state index contributed by atoms with van der Waals surface area (Å²) in [6, 6.07) is 5.23. The van der Waals surface area contributed by atoms with Crippen molar-refractivity contribution in [3.8, 4) is 5.69 Å². The predicted molar refractivity (Wildman–Crippen MR) is 113 cm³/mol. The van der Waals surface area contributed by atoms with Crippen LogP contribution in [0.1, 0.15) is 33.6 Å². The average Bonchev–Trinajstić information content (AvgIpc) is 3.07. The molecule has 7 nitrogen and oxygen atoms in total. The Balaban J connectivity index is 1.42. The fourth-order valence-corrected chi connectivity index (χ4v) is 4.57. The van der Waals surface area contributed by atoms with Crippen LogP contribution in [0, 0.1) is 5.41 Å². The number of carbonyl (C=O) groups is 1. The number of piperidine rings is 1. The van der Waals surface area contributed by atoms with Crippen molar-refractivity contribution < 1.29 is 9.53 Å². The highest BCUT2D eigenvalue weighted by molar-refractivity contribution is 6.34. The molecule has 2 aliphatic heterocycles. The first-order valence-electron chi connectivity index (χ1n) is 9.74. The quantitative estimate of drug-likeness (QED) is 0.695. The Morgan fingerprint density at radius 2 is 1.83 bits per heavy atom. The van der Waals surface area contributed by atoms with E-state index in [0.717, 1.165) is 50.5 Å². The standard InChI is InChI=1S/C20H25Cl2N5O2/c1-19(2,3)29-18(28)26-12-20(13-26)5-4-6-25(11-20)17-10-23-27(24-17)16-8-14(21)7-15(22)9-16/h7-10H,4-6,11-13H2,1-3H3. The normalized spacial score (nSPS) is 18.7. The van der Waals surface area contributed by atoms with Gasteiger partial charge in [-0.25, -0.2) is 4.79 Å². The average molecular weight is 438 g/mol. The lowest BCUT2D eigenvalue weighted by Crippen LogP contribution is -2.64. The molecule has 0 unspecified atom stereocenters. The van der Waals surface area contributed by atoms with Gasteiger partial charge in [0.05, 0.1) is 11.9 Å². The van der Waals surface area contributed by atoms with Gasteiger partial charge in [-0.05, 0) is 51.8 Å². The van der Waals surface area contributed by atoms with E-state index in [1.807, 2.05) is 20.8 Å². The van der Waals surface area contributed by atoms with Crippen LogP contribution in [0.3, 0.4) is 0 Å². The Bertz CT molecular complexity index is 898. The van der Waals surface area contributed by atoms with Crippen molar-refractivity contribution in [2.24, 2.45) is 5.41 Å². The van der Waals surface area contributed by atoms with Gasteiger partial charge in [0.15, 0.2) is 5.82 Å². The smallest absolute Gasteiger partial charge is 0.410 e. The largest absolute Gasteiger partial charge is 0.444 e. The molecule has 0 radical (unpaired) electrons. The van der Waals surface area contributed by atoms with Gasteiger partial charge in [-0.1, -0.05) is 23.2 Å². The highest BCUT2D eigenvalue weighted by atomic mass is 35.5. The number of anilines is 1. The van der Waals surface area contributed by atoms with Crippen molar-refractivity contribution in [1.82, 2.24) is 19.9 Å². The van der Waals surface area contributed by atoms with Crippen molar-refractivity contribution in [2.45, 2.75) is 39.2 Å². The molecule has 2 saturated heterocycles. The van der Waals surface area contributed by atoms with Crippen LogP contribution < -0.4 is 4.90 Å². The molecule has 29 heavy (non-hydrogen) atoms. The maximum Gasteiger partial charge on any atom is 0.410 e. The first-order valence-corrected chi connectivity index (χ1v) is 10.5. The number of rotatable bonds is 2. The van der Waals surface area contributed by atoms with Crippen LogP contribution in [0.5, 0.6) is 0 Å². The third kappa shape index (κ3) is 4.46. The van der Waals surface area contributed by atoms with E-state index in [9.17, 15) is 4.79 Å². The summed E-state index contributed by atoms with van der Waals surface area (Å²) in [4.78, 5) is 17.9. The molecule has 0 N–H and O–H groups in total. The molecule has 1 spiro atoms. The maximum absolute atomic E-state index is 12.3. The molecular formula is C20H25Cl2N5O2. The van der Waals surface area contributed by atoms with Crippen LogP contribution in [0.15, 0.2) is 24.4 Å². The van der Waals surface area contributed by atoms with E-state index in [-0.39, 0.29) is 11.5 Å². The molecule has 0 saturated carbocycles. The van der Waals surface area contributed by atoms with Gasteiger partial charge < -0.3 is 14.5 Å². The maximum atomic E-state index is 12.3. The van der Waals surface area contributed by atoms with E-state index in [1.54, 1.807) is 34.1 Å². The number of benzene rings is 1.